The third-order valence-electron chi connectivity index (χ3n) is 7.05. The quantitative estimate of drug-likeness (QED) is 0.0837. The van der Waals surface area contributed by atoms with Gasteiger partial charge < -0.3 is 15.0 Å². The predicted octanol–water partition coefficient (Wildman–Crippen LogP) is 6.13. The molecule has 0 spiro atoms. The molecule has 0 saturated carbocycles. The molecule has 5 nitrogen and oxygen atoms in total. The second kappa shape index (κ2) is 20.3. The molecule has 0 saturated heterocycles. The fraction of sp³-hybridized carbons (Fsp3) is 0.429. The van der Waals surface area contributed by atoms with Crippen LogP contribution in [0.3, 0.4) is 0 Å². The summed E-state index contributed by atoms with van der Waals surface area (Å²) < 4.78 is 42.7. The maximum atomic E-state index is 12.3. The molecular formula is C35H44NNaO4S2. The topological polar surface area (TPSA) is 92.5 Å². The van der Waals surface area contributed by atoms with Gasteiger partial charge in [-0.15, -0.1) is 5.92 Å². The molecule has 226 valence electrons. The zero-order chi connectivity index (χ0) is 30.2. The van der Waals surface area contributed by atoms with Crippen molar-refractivity contribution in [1.29, 1.82) is 0 Å². The summed E-state index contributed by atoms with van der Waals surface area (Å²) in [6, 6.07) is 19.4. The Morgan fingerprint density at radius 3 is 2.19 bits per heavy atom. The predicted molar refractivity (Wildman–Crippen MR) is 173 cm³/mol. The standard InChI is InChI=1S/C35H45NO4S2.Na/c1-3-5-7-8-9-10-11-12-13-14-19-33(36)32-18-16-15-17-31(32)28-20-25-34(35(27-28)42(37,38)39)41-30-23-21-29(22-24-30)40-26-6-4-2;/h15-18,20-25,27,33H,3-13,26,36H2,1-2H3,(H,37,38,39);/q;+1/p-1. The van der Waals surface area contributed by atoms with Gasteiger partial charge in [0.15, 0.2) is 0 Å². The van der Waals surface area contributed by atoms with Crippen LogP contribution in [0.15, 0.2) is 81.4 Å². The molecule has 43 heavy (non-hydrogen) atoms. The number of rotatable bonds is 17. The average Bonchev–Trinajstić information content (AvgIpc) is 2.98. The first-order valence-corrected chi connectivity index (χ1v) is 17.4. The van der Waals surface area contributed by atoms with Crippen molar-refractivity contribution in [3.8, 4) is 28.7 Å². The second-order valence-electron chi connectivity index (χ2n) is 10.5. The van der Waals surface area contributed by atoms with Crippen LogP contribution in [0.2, 0.25) is 0 Å². The largest absolute Gasteiger partial charge is 1.00 e. The van der Waals surface area contributed by atoms with Crippen molar-refractivity contribution in [3.63, 3.8) is 0 Å². The van der Waals surface area contributed by atoms with Gasteiger partial charge in [0, 0.05) is 16.2 Å². The van der Waals surface area contributed by atoms with Crippen LogP contribution in [0.1, 0.15) is 96.1 Å². The van der Waals surface area contributed by atoms with Crippen molar-refractivity contribution in [3.05, 3.63) is 72.3 Å². The van der Waals surface area contributed by atoms with E-state index in [9.17, 15) is 13.0 Å². The number of ether oxygens (including phenoxy) is 1. The van der Waals surface area contributed by atoms with Crippen LogP contribution in [0.5, 0.6) is 5.75 Å². The van der Waals surface area contributed by atoms with Crippen LogP contribution in [0.4, 0.5) is 0 Å². The minimum atomic E-state index is -4.73. The third kappa shape index (κ3) is 13.0. The third-order valence-corrected chi connectivity index (χ3v) is 9.14. The summed E-state index contributed by atoms with van der Waals surface area (Å²) in [6.07, 6.45) is 12.9. The van der Waals surface area contributed by atoms with Crippen molar-refractivity contribution in [2.75, 3.05) is 6.61 Å². The number of nitrogens with two attached hydrogens (primary N) is 1. The Hall–Kier alpha value is -1.76. The maximum Gasteiger partial charge on any atom is 1.00 e. The molecule has 1 atom stereocenters. The van der Waals surface area contributed by atoms with Gasteiger partial charge in [-0.05, 0) is 65.9 Å². The summed E-state index contributed by atoms with van der Waals surface area (Å²) >= 11 is 1.23. The van der Waals surface area contributed by atoms with Crippen LogP contribution in [-0.4, -0.2) is 19.6 Å². The Morgan fingerprint density at radius 1 is 0.860 bits per heavy atom. The number of benzene rings is 3. The molecule has 3 aromatic carbocycles. The zero-order valence-corrected chi connectivity index (χ0v) is 29.6. The van der Waals surface area contributed by atoms with Crippen LogP contribution < -0.4 is 40.0 Å². The fourth-order valence-electron chi connectivity index (χ4n) is 4.66. The molecule has 0 aromatic heterocycles. The second-order valence-corrected chi connectivity index (χ2v) is 13.0. The van der Waals surface area contributed by atoms with Crippen LogP contribution in [0, 0.1) is 11.8 Å². The minimum absolute atomic E-state index is 0. The number of unbranched alkanes of at least 4 members (excludes halogenated alkanes) is 9. The number of hydrogen-bond donors (Lipinski definition) is 1. The van der Waals surface area contributed by atoms with E-state index in [-0.39, 0.29) is 34.5 Å². The molecule has 0 fully saturated rings. The molecule has 0 amide bonds. The van der Waals surface area contributed by atoms with Gasteiger partial charge in [-0.3, -0.25) is 0 Å². The Kier molecular flexibility index (Phi) is 17.7. The molecule has 0 aliphatic heterocycles. The average molecular weight is 630 g/mol. The Balaban J connectivity index is 0.00000645. The van der Waals surface area contributed by atoms with Gasteiger partial charge in [-0.2, -0.15) is 0 Å². The van der Waals surface area contributed by atoms with E-state index in [1.165, 1.54) is 62.8 Å². The Labute approximate surface area is 285 Å². The summed E-state index contributed by atoms with van der Waals surface area (Å²) in [5.74, 6) is 7.16. The summed E-state index contributed by atoms with van der Waals surface area (Å²) in [7, 11) is -4.73. The Morgan fingerprint density at radius 2 is 1.51 bits per heavy atom. The van der Waals surface area contributed by atoms with Gasteiger partial charge in [0.05, 0.1) is 17.5 Å². The smallest absolute Gasteiger partial charge is 0.744 e. The first-order valence-electron chi connectivity index (χ1n) is 15.2. The molecule has 3 aromatic rings. The molecule has 3 rings (SSSR count). The van der Waals surface area contributed by atoms with Crippen molar-refractivity contribution >= 4 is 21.9 Å². The van der Waals surface area contributed by atoms with Gasteiger partial charge in [0.25, 0.3) is 0 Å². The van der Waals surface area contributed by atoms with E-state index < -0.39 is 16.2 Å². The summed E-state index contributed by atoms with van der Waals surface area (Å²) in [5, 5.41) is 0. The molecule has 8 heteroatoms. The summed E-state index contributed by atoms with van der Waals surface area (Å²) in [5.41, 5.74) is 8.66. The first kappa shape index (κ1) is 37.4. The molecular weight excluding hydrogens is 586 g/mol. The molecule has 0 aliphatic carbocycles. The van der Waals surface area contributed by atoms with E-state index in [1.54, 1.807) is 6.07 Å². The van der Waals surface area contributed by atoms with E-state index in [0.717, 1.165) is 47.5 Å². The molecule has 0 bridgehead atoms. The Bertz CT molecular complexity index is 1420. The van der Waals surface area contributed by atoms with Crippen molar-refractivity contribution in [1.82, 2.24) is 0 Å². The van der Waals surface area contributed by atoms with Gasteiger partial charge in [0.2, 0.25) is 0 Å². The van der Waals surface area contributed by atoms with E-state index in [2.05, 4.69) is 25.7 Å². The van der Waals surface area contributed by atoms with Crippen molar-refractivity contribution in [2.24, 2.45) is 5.73 Å². The van der Waals surface area contributed by atoms with Gasteiger partial charge in [0.1, 0.15) is 15.9 Å². The first-order chi connectivity index (χ1) is 20.3. The van der Waals surface area contributed by atoms with E-state index >= 15 is 0 Å². The van der Waals surface area contributed by atoms with E-state index in [4.69, 9.17) is 10.5 Å². The van der Waals surface area contributed by atoms with Gasteiger partial charge >= 0.3 is 29.6 Å². The van der Waals surface area contributed by atoms with Crippen LogP contribution in [0.25, 0.3) is 11.1 Å². The van der Waals surface area contributed by atoms with Crippen LogP contribution in [-0.2, 0) is 10.1 Å². The SMILES string of the molecule is CCCCCCCCCCC#CC(N)c1ccccc1-c1ccc(Sc2ccc(OCCCC)cc2)c(S(=O)(=O)[O-])c1.[Na+]. The van der Waals surface area contributed by atoms with Gasteiger partial charge in [-0.1, -0.05) is 113 Å². The molecule has 0 heterocycles. The zero-order valence-electron chi connectivity index (χ0n) is 25.9. The number of hydrogen-bond acceptors (Lipinski definition) is 6. The fourth-order valence-corrected chi connectivity index (χ4v) is 6.50. The van der Waals surface area contributed by atoms with E-state index in [1.807, 2.05) is 54.6 Å². The summed E-state index contributed by atoms with van der Waals surface area (Å²) in [6.45, 7) is 4.99. The van der Waals surface area contributed by atoms with E-state index in [0.29, 0.717) is 17.1 Å². The van der Waals surface area contributed by atoms with Crippen molar-refractivity contribution in [2.45, 2.75) is 105 Å². The molecule has 0 aliphatic rings. The van der Waals surface area contributed by atoms with Crippen LogP contribution >= 0.6 is 11.8 Å². The molecule has 1 unspecified atom stereocenters. The monoisotopic (exact) mass is 629 g/mol. The molecule has 0 radical (unpaired) electrons. The van der Waals surface area contributed by atoms with Crippen molar-refractivity contribution < 1.29 is 47.3 Å². The minimum Gasteiger partial charge on any atom is -0.744 e. The van der Waals surface area contributed by atoms with Gasteiger partial charge in [-0.25, -0.2) is 8.42 Å². The summed E-state index contributed by atoms with van der Waals surface area (Å²) in [4.78, 5) is 0.933. The maximum absolute atomic E-state index is 12.3. The molecule has 2 N–H and O–H groups in total. The normalized spacial score (nSPS) is 11.7.